The smallest absolute Gasteiger partial charge is 0.0623 e. The summed E-state index contributed by atoms with van der Waals surface area (Å²) in [7, 11) is 3.72. The Labute approximate surface area is 96.4 Å². The van der Waals surface area contributed by atoms with Crippen molar-refractivity contribution in [3.05, 3.63) is 35.9 Å². The molecule has 0 spiro atoms. The van der Waals surface area contributed by atoms with Gasteiger partial charge in [-0.15, -0.1) is 0 Å². The van der Waals surface area contributed by atoms with E-state index >= 15 is 0 Å². The minimum atomic E-state index is 0.448. The molecule has 15 heavy (non-hydrogen) atoms. The number of thioether (sulfide) groups is 1. The summed E-state index contributed by atoms with van der Waals surface area (Å²) in [5.41, 5.74) is 1.38. The van der Waals surface area contributed by atoms with Gasteiger partial charge in [0.25, 0.3) is 0 Å². The second kappa shape index (κ2) is 7.74. The maximum absolute atomic E-state index is 5.12. The quantitative estimate of drug-likeness (QED) is 0.768. The lowest BCUT2D eigenvalue weighted by Crippen LogP contribution is -2.32. The third kappa shape index (κ3) is 5.21. The molecule has 0 aliphatic carbocycles. The summed E-state index contributed by atoms with van der Waals surface area (Å²) in [5.74, 6) is 2.15. The molecule has 1 aromatic rings. The highest BCUT2D eigenvalue weighted by Crippen LogP contribution is 2.12. The Bertz CT molecular complexity index is 253. The van der Waals surface area contributed by atoms with Gasteiger partial charge in [0.2, 0.25) is 0 Å². The number of ether oxygens (including phenoxy) is 1. The second-order valence-electron chi connectivity index (χ2n) is 3.44. The Hall–Kier alpha value is -0.510. The fraction of sp³-hybridized carbons (Fsp3) is 0.500. The van der Waals surface area contributed by atoms with Gasteiger partial charge < -0.3 is 10.1 Å². The normalized spacial score (nSPS) is 12.7. The highest BCUT2D eigenvalue weighted by Gasteiger charge is 2.04. The van der Waals surface area contributed by atoms with E-state index < -0.39 is 0 Å². The molecule has 3 heteroatoms. The fourth-order valence-corrected chi connectivity index (χ4v) is 2.40. The van der Waals surface area contributed by atoms with Crippen LogP contribution in [0.5, 0.6) is 0 Å². The standard InChI is InChI=1S/C12H19NOS/c1-13-12(8-14-2)10-15-9-11-6-4-3-5-7-11/h3-7,12-13H,8-10H2,1-2H3. The van der Waals surface area contributed by atoms with Crippen LogP contribution in [0, 0.1) is 0 Å². The van der Waals surface area contributed by atoms with Gasteiger partial charge in [-0.05, 0) is 12.6 Å². The first-order valence-electron chi connectivity index (χ1n) is 5.14. The molecule has 1 rings (SSSR count). The number of hydrogen-bond acceptors (Lipinski definition) is 3. The summed E-state index contributed by atoms with van der Waals surface area (Å²) < 4.78 is 5.12. The molecule has 0 saturated heterocycles. The minimum absolute atomic E-state index is 0.448. The van der Waals surface area contributed by atoms with Crippen molar-refractivity contribution in [3.8, 4) is 0 Å². The maximum atomic E-state index is 5.12. The van der Waals surface area contributed by atoms with Gasteiger partial charge in [0, 0.05) is 24.7 Å². The zero-order valence-corrected chi connectivity index (χ0v) is 10.2. The van der Waals surface area contributed by atoms with E-state index in [2.05, 4.69) is 35.6 Å². The predicted octanol–water partition coefficient (Wildman–Crippen LogP) is 2.15. The van der Waals surface area contributed by atoms with Crippen LogP contribution in [0.15, 0.2) is 30.3 Å². The molecule has 0 saturated carbocycles. The topological polar surface area (TPSA) is 21.3 Å². The lowest BCUT2D eigenvalue weighted by molar-refractivity contribution is 0.177. The van der Waals surface area contributed by atoms with Gasteiger partial charge in [0.1, 0.15) is 0 Å². The molecule has 0 heterocycles. The van der Waals surface area contributed by atoms with Crippen molar-refractivity contribution >= 4 is 11.8 Å². The molecule has 1 unspecified atom stereocenters. The maximum Gasteiger partial charge on any atom is 0.0623 e. The van der Waals surface area contributed by atoms with Gasteiger partial charge in [-0.3, -0.25) is 0 Å². The Morgan fingerprint density at radius 2 is 2.07 bits per heavy atom. The molecule has 0 radical (unpaired) electrons. The van der Waals surface area contributed by atoms with Crippen LogP contribution in [0.3, 0.4) is 0 Å². The first kappa shape index (κ1) is 12.6. The van der Waals surface area contributed by atoms with Gasteiger partial charge in [-0.25, -0.2) is 0 Å². The first-order chi connectivity index (χ1) is 7.36. The zero-order valence-electron chi connectivity index (χ0n) is 9.40. The molecule has 84 valence electrons. The van der Waals surface area contributed by atoms with Crippen LogP contribution in [0.1, 0.15) is 5.56 Å². The van der Waals surface area contributed by atoms with Crippen LogP contribution < -0.4 is 5.32 Å². The molecule has 0 amide bonds. The number of hydrogen-bond donors (Lipinski definition) is 1. The predicted molar refractivity (Wildman–Crippen MR) is 67.3 cm³/mol. The van der Waals surface area contributed by atoms with Crippen molar-refractivity contribution in [1.82, 2.24) is 5.32 Å². The molecule has 0 aliphatic rings. The van der Waals surface area contributed by atoms with Crippen molar-refractivity contribution in [2.75, 3.05) is 26.5 Å². The molecule has 1 N–H and O–H groups in total. The van der Waals surface area contributed by atoms with E-state index in [1.54, 1.807) is 7.11 Å². The van der Waals surface area contributed by atoms with Crippen LogP contribution >= 0.6 is 11.8 Å². The van der Waals surface area contributed by atoms with E-state index in [1.807, 2.05) is 18.8 Å². The molecular formula is C12H19NOS. The average Bonchev–Trinajstić information content (AvgIpc) is 2.29. The van der Waals surface area contributed by atoms with Crippen molar-refractivity contribution in [2.45, 2.75) is 11.8 Å². The zero-order chi connectivity index (χ0) is 10.9. The number of likely N-dealkylation sites (N-methyl/N-ethyl adjacent to an activating group) is 1. The Morgan fingerprint density at radius 3 is 2.67 bits per heavy atom. The molecular weight excluding hydrogens is 206 g/mol. The van der Waals surface area contributed by atoms with Crippen LogP contribution in [0.4, 0.5) is 0 Å². The van der Waals surface area contributed by atoms with Crippen LogP contribution in [-0.4, -0.2) is 32.6 Å². The van der Waals surface area contributed by atoms with E-state index in [4.69, 9.17) is 4.74 Å². The third-order valence-electron chi connectivity index (χ3n) is 2.21. The summed E-state index contributed by atoms with van der Waals surface area (Å²) >= 11 is 1.94. The van der Waals surface area contributed by atoms with Crippen molar-refractivity contribution < 1.29 is 4.74 Å². The monoisotopic (exact) mass is 225 g/mol. The number of benzene rings is 1. The Balaban J connectivity index is 2.20. The van der Waals surface area contributed by atoms with Gasteiger partial charge >= 0.3 is 0 Å². The van der Waals surface area contributed by atoms with Gasteiger partial charge in [0.15, 0.2) is 0 Å². The second-order valence-corrected chi connectivity index (χ2v) is 4.47. The van der Waals surface area contributed by atoms with Crippen LogP contribution in [-0.2, 0) is 10.5 Å². The fourth-order valence-electron chi connectivity index (χ4n) is 1.31. The lowest BCUT2D eigenvalue weighted by atomic mass is 10.2. The summed E-state index contributed by atoms with van der Waals surface area (Å²) in [6, 6.07) is 11.0. The third-order valence-corrected chi connectivity index (χ3v) is 3.38. The minimum Gasteiger partial charge on any atom is -0.383 e. The van der Waals surface area contributed by atoms with E-state index in [0.29, 0.717) is 6.04 Å². The molecule has 2 nitrogen and oxygen atoms in total. The lowest BCUT2D eigenvalue weighted by Gasteiger charge is -2.14. The first-order valence-corrected chi connectivity index (χ1v) is 6.30. The number of rotatable bonds is 7. The van der Waals surface area contributed by atoms with E-state index in [1.165, 1.54) is 5.56 Å². The Kier molecular flexibility index (Phi) is 6.48. The van der Waals surface area contributed by atoms with E-state index in [-0.39, 0.29) is 0 Å². The molecule has 1 atom stereocenters. The van der Waals surface area contributed by atoms with Gasteiger partial charge in [-0.1, -0.05) is 30.3 Å². The molecule has 0 aromatic heterocycles. The van der Waals surface area contributed by atoms with Crippen LogP contribution in [0.2, 0.25) is 0 Å². The summed E-state index contributed by atoms with van der Waals surface area (Å²) in [6.45, 7) is 0.776. The summed E-state index contributed by atoms with van der Waals surface area (Å²) in [6.07, 6.45) is 0. The van der Waals surface area contributed by atoms with Crippen molar-refractivity contribution in [1.29, 1.82) is 0 Å². The molecule has 1 aromatic carbocycles. The van der Waals surface area contributed by atoms with Gasteiger partial charge in [0.05, 0.1) is 6.61 Å². The molecule has 0 fully saturated rings. The average molecular weight is 225 g/mol. The van der Waals surface area contributed by atoms with Crippen LogP contribution in [0.25, 0.3) is 0 Å². The number of methoxy groups -OCH3 is 1. The summed E-state index contributed by atoms with van der Waals surface area (Å²) in [5, 5.41) is 3.24. The molecule has 0 bridgehead atoms. The van der Waals surface area contributed by atoms with E-state index in [9.17, 15) is 0 Å². The van der Waals surface area contributed by atoms with Crippen molar-refractivity contribution in [2.24, 2.45) is 0 Å². The summed E-state index contributed by atoms with van der Waals surface area (Å²) in [4.78, 5) is 0. The SMILES string of the molecule is CNC(COC)CSCc1ccccc1. The van der Waals surface area contributed by atoms with E-state index in [0.717, 1.165) is 18.1 Å². The highest BCUT2D eigenvalue weighted by molar-refractivity contribution is 7.98. The highest BCUT2D eigenvalue weighted by atomic mass is 32.2. The van der Waals surface area contributed by atoms with Crippen molar-refractivity contribution in [3.63, 3.8) is 0 Å². The van der Waals surface area contributed by atoms with Gasteiger partial charge in [-0.2, -0.15) is 11.8 Å². The Morgan fingerprint density at radius 1 is 1.33 bits per heavy atom. The molecule has 0 aliphatic heterocycles. The number of nitrogens with one attached hydrogen (secondary N) is 1. The largest absolute Gasteiger partial charge is 0.383 e.